The highest BCUT2D eigenvalue weighted by molar-refractivity contribution is 5.62. The highest BCUT2D eigenvalue weighted by Gasteiger charge is 2.64. The minimum atomic E-state index is -0.0204. The van der Waals surface area contributed by atoms with Crippen LogP contribution < -0.4 is 5.73 Å². The van der Waals surface area contributed by atoms with Gasteiger partial charge in [-0.05, 0) is 31.7 Å². The molecule has 0 spiro atoms. The molecule has 2 unspecified atom stereocenters. The molecule has 2 aliphatic heterocycles. The Labute approximate surface area is 156 Å². The van der Waals surface area contributed by atoms with Crippen LogP contribution in [0.15, 0.2) is 30.3 Å². The van der Waals surface area contributed by atoms with Crippen LogP contribution in [0.4, 0.5) is 4.79 Å². The molecular formula is C21H32N3O2+. The summed E-state index contributed by atoms with van der Waals surface area (Å²) < 4.78 is 6.28. The van der Waals surface area contributed by atoms with E-state index < -0.39 is 0 Å². The number of likely N-dealkylation sites (tertiary alicyclic amines) is 1. The van der Waals surface area contributed by atoms with E-state index in [1.807, 2.05) is 30.3 Å². The molecular weight excluding hydrogens is 326 g/mol. The summed E-state index contributed by atoms with van der Waals surface area (Å²) in [4.78, 5) is 15.5. The largest absolute Gasteiger partial charge is 0.517 e. The maximum absolute atomic E-state index is 12.9. The second-order valence-corrected chi connectivity index (χ2v) is 8.51. The summed E-state index contributed by atoms with van der Waals surface area (Å²) in [5.74, 6) is 0. The Kier molecular flexibility index (Phi) is 5.04. The molecule has 3 atom stereocenters. The molecule has 1 amide bonds. The van der Waals surface area contributed by atoms with Gasteiger partial charge in [0, 0.05) is 38.0 Å². The number of benzene rings is 1. The van der Waals surface area contributed by atoms with Crippen LogP contribution in [0.5, 0.6) is 0 Å². The lowest BCUT2D eigenvalue weighted by Crippen LogP contribution is -2.49. The van der Waals surface area contributed by atoms with Gasteiger partial charge in [-0.3, -0.25) is 4.90 Å². The van der Waals surface area contributed by atoms with Gasteiger partial charge in [0.05, 0.1) is 6.04 Å². The van der Waals surface area contributed by atoms with Crippen LogP contribution in [0, 0.1) is 0 Å². The minimum Gasteiger partial charge on any atom is -0.415 e. The van der Waals surface area contributed by atoms with Gasteiger partial charge in [-0.1, -0.05) is 30.3 Å². The maximum Gasteiger partial charge on any atom is 0.517 e. The van der Waals surface area contributed by atoms with Crippen molar-refractivity contribution in [2.24, 2.45) is 5.73 Å². The molecule has 3 aliphatic rings. The van der Waals surface area contributed by atoms with E-state index in [9.17, 15) is 4.79 Å². The van der Waals surface area contributed by atoms with E-state index in [1.165, 1.54) is 12.8 Å². The first kappa shape index (κ1) is 18.0. The molecule has 0 bridgehead atoms. The number of rotatable bonds is 4. The molecule has 2 N–H and O–H groups in total. The predicted molar refractivity (Wildman–Crippen MR) is 101 cm³/mol. The number of nitrogens with zero attached hydrogens (tertiary/aromatic N) is 2. The zero-order valence-corrected chi connectivity index (χ0v) is 15.8. The lowest BCUT2D eigenvalue weighted by Gasteiger charge is -2.37. The number of quaternary nitrogens is 1. The first-order chi connectivity index (χ1) is 12.6. The Balaban J connectivity index is 1.33. The number of carbonyl (C=O) groups is 1. The normalized spacial score (nSPS) is 37.5. The third kappa shape index (κ3) is 3.40. The summed E-state index contributed by atoms with van der Waals surface area (Å²) >= 11 is 0. The number of hydrogen-bond donors (Lipinski definition) is 1. The van der Waals surface area contributed by atoms with E-state index in [-0.39, 0.29) is 6.09 Å². The molecule has 26 heavy (non-hydrogen) atoms. The second kappa shape index (κ2) is 7.29. The van der Waals surface area contributed by atoms with Crippen LogP contribution in [0.1, 0.15) is 44.6 Å². The number of ether oxygens (including phenoxy) is 1. The van der Waals surface area contributed by atoms with Gasteiger partial charge >= 0.3 is 6.09 Å². The van der Waals surface area contributed by atoms with Crippen LogP contribution in [-0.4, -0.2) is 59.3 Å². The van der Waals surface area contributed by atoms with Gasteiger partial charge in [0.1, 0.15) is 19.2 Å². The molecule has 3 fully saturated rings. The highest BCUT2D eigenvalue weighted by Crippen LogP contribution is 2.43. The number of amides is 1. The average molecular weight is 359 g/mol. The van der Waals surface area contributed by atoms with Crippen LogP contribution in [-0.2, 0) is 11.3 Å². The van der Waals surface area contributed by atoms with Crippen LogP contribution in [0.25, 0.3) is 0 Å². The Morgan fingerprint density at radius 2 is 1.88 bits per heavy atom. The van der Waals surface area contributed by atoms with Gasteiger partial charge in [-0.2, -0.15) is 4.79 Å². The Hall–Kier alpha value is -1.43. The Morgan fingerprint density at radius 1 is 1.19 bits per heavy atom. The molecule has 1 aromatic carbocycles. The van der Waals surface area contributed by atoms with Gasteiger partial charge in [-0.25, -0.2) is 4.48 Å². The smallest absolute Gasteiger partial charge is 0.415 e. The van der Waals surface area contributed by atoms with Crippen molar-refractivity contribution in [1.82, 2.24) is 4.90 Å². The fourth-order valence-electron chi connectivity index (χ4n) is 5.17. The number of carbonyl (C=O) groups excluding carboxylic acids is 1. The highest BCUT2D eigenvalue weighted by atomic mass is 16.6. The van der Waals surface area contributed by atoms with Crippen molar-refractivity contribution in [3.63, 3.8) is 0 Å². The summed E-state index contributed by atoms with van der Waals surface area (Å²) in [5, 5.41) is 0. The van der Waals surface area contributed by atoms with E-state index >= 15 is 0 Å². The summed E-state index contributed by atoms with van der Waals surface area (Å²) in [7, 11) is 0. The monoisotopic (exact) mass is 358 g/mol. The van der Waals surface area contributed by atoms with Crippen molar-refractivity contribution in [3.05, 3.63) is 35.9 Å². The van der Waals surface area contributed by atoms with E-state index in [2.05, 4.69) is 11.8 Å². The molecule has 1 saturated carbocycles. The first-order valence-electron chi connectivity index (χ1n) is 10.2. The van der Waals surface area contributed by atoms with E-state index in [0.29, 0.717) is 35.3 Å². The van der Waals surface area contributed by atoms with Gasteiger partial charge in [0.25, 0.3) is 0 Å². The van der Waals surface area contributed by atoms with E-state index in [4.69, 9.17) is 10.5 Å². The topological polar surface area (TPSA) is 55.6 Å². The van der Waals surface area contributed by atoms with Gasteiger partial charge in [-0.15, -0.1) is 0 Å². The standard InChI is InChI=1S/C21H32N3O2/c1-16-14-24(16,21(25)26-15-17-5-3-2-4-6-17)20-9-7-19(8-10-20)23-12-11-18(22)13-23/h2-6,16,18-20H,7-15,22H2,1H3/q+1/t16?,18-,19?,20?,24?/m0/s1. The molecule has 142 valence electrons. The minimum absolute atomic E-state index is 0.0204. The molecule has 5 nitrogen and oxygen atoms in total. The third-order valence-corrected chi connectivity index (χ3v) is 6.85. The molecule has 5 heteroatoms. The molecule has 1 aromatic rings. The summed E-state index contributed by atoms with van der Waals surface area (Å²) in [6.45, 7) is 5.71. The van der Waals surface area contributed by atoms with Gasteiger partial charge in [0.2, 0.25) is 0 Å². The zero-order valence-electron chi connectivity index (χ0n) is 15.8. The molecule has 2 heterocycles. The SMILES string of the molecule is CC1C[N+]1(C(=O)OCc1ccccc1)C1CCC(N2CC[C@H](N)C2)CC1. The maximum atomic E-state index is 12.9. The molecule has 0 aromatic heterocycles. The fourth-order valence-corrected chi connectivity index (χ4v) is 5.17. The van der Waals surface area contributed by atoms with Crippen molar-refractivity contribution in [3.8, 4) is 0 Å². The van der Waals surface area contributed by atoms with Crippen molar-refractivity contribution < 1.29 is 14.0 Å². The van der Waals surface area contributed by atoms with Crippen LogP contribution in [0.3, 0.4) is 0 Å². The predicted octanol–water partition coefficient (Wildman–Crippen LogP) is 2.89. The lowest BCUT2D eigenvalue weighted by molar-refractivity contribution is -0.768. The summed E-state index contributed by atoms with van der Waals surface area (Å²) in [6, 6.07) is 11.8. The van der Waals surface area contributed by atoms with Crippen molar-refractivity contribution >= 4 is 6.09 Å². The first-order valence-corrected chi connectivity index (χ1v) is 10.2. The molecule has 4 rings (SSSR count). The molecule has 1 aliphatic carbocycles. The number of hydrogen-bond acceptors (Lipinski definition) is 4. The Bertz CT molecular complexity index is 629. The van der Waals surface area contributed by atoms with E-state index in [0.717, 1.165) is 44.5 Å². The molecule has 0 radical (unpaired) electrons. The molecule has 2 saturated heterocycles. The van der Waals surface area contributed by atoms with Crippen molar-refractivity contribution in [1.29, 1.82) is 0 Å². The summed E-state index contributed by atoms with van der Waals surface area (Å²) in [5.41, 5.74) is 7.13. The fraction of sp³-hybridized carbons (Fsp3) is 0.667. The quantitative estimate of drug-likeness (QED) is 0.664. The van der Waals surface area contributed by atoms with E-state index in [1.54, 1.807) is 0 Å². The van der Waals surface area contributed by atoms with Crippen LogP contribution in [0.2, 0.25) is 0 Å². The lowest BCUT2D eigenvalue weighted by atomic mass is 9.89. The zero-order chi connectivity index (χ0) is 18.1. The Morgan fingerprint density at radius 3 is 2.46 bits per heavy atom. The third-order valence-electron chi connectivity index (χ3n) is 6.85. The van der Waals surface area contributed by atoms with Crippen molar-refractivity contribution in [2.75, 3.05) is 19.6 Å². The summed E-state index contributed by atoms with van der Waals surface area (Å²) in [6.07, 6.45) is 5.74. The van der Waals surface area contributed by atoms with Crippen LogP contribution >= 0.6 is 0 Å². The average Bonchev–Trinajstić information content (AvgIpc) is 3.17. The number of nitrogens with two attached hydrogens (primary N) is 1. The van der Waals surface area contributed by atoms with Gasteiger partial charge < -0.3 is 10.5 Å². The second-order valence-electron chi connectivity index (χ2n) is 8.51. The van der Waals surface area contributed by atoms with Crippen molar-refractivity contribution in [2.45, 2.75) is 69.8 Å². The van der Waals surface area contributed by atoms with Gasteiger partial charge in [0.15, 0.2) is 0 Å².